The van der Waals surface area contributed by atoms with Crippen LogP contribution in [-0.2, 0) is 0 Å². The van der Waals surface area contributed by atoms with E-state index in [4.69, 9.17) is 4.74 Å². The maximum absolute atomic E-state index is 15.0. The molecular weight excluding hydrogens is 366 g/mol. The van der Waals surface area contributed by atoms with Crippen LogP contribution in [0.5, 0.6) is 5.75 Å². The van der Waals surface area contributed by atoms with Crippen molar-refractivity contribution in [1.29, 1.82) is 0 Å². The minimum absolute atomic E-state index is 0.147. The Morgan fingerprint density at radius 2 is 1.86 bits per heavy atom. The van der Waals surface area contributed by atoms with Gasteiger partial charge < -0.3 is 4.74 Å². The average molecular weight is 399 g/mol. The maximum Gasteiger partial charge on any atom is 0.172 e. The molecule has 2 aliphatic rings. The molecule has 0 bridgehead atoms. The lowest BCUT2D eigenvalue weighted by atomic mass is 9.63. The molecule has 0 aromatic heterocycles. The first-order valence-corrected chi connectivity index (χ1v) is 11.3. The van der Waals surface area contributed by atoms with E-state index < -0.39 is 5.82 Å². The van der Waals surface area contributed by atoms with E-state index in [1.165, 1.54) is 44.6 Å². The fourth-order valence-corrected chi connectivity index (χ4v) is 5.82. The molecule has 4 rings (SSSR count). The van der Waals surface area contributed by atoms with Gasteiger partial charge in [-0.3, -0.25) is 0 Å². The van der Waals surface area contributed by atoms with Gasteiger partial charge in [0.25, 0.3) is 0 Å². The molecule has 3 heteroatoms. The second-order valence-electron chi connectivity index (χ2n) is 9.07. The predicted molar refractivity (Wildman–Crippen MR) is 115 cm³/mol. The lowest BCUT2D eigenvalue weighted by Gasteiger charge is -2.42. The van der Waals surface area contributed by atoms with E-state index in [9.17, 15) is 4.39 Å². The molecule has 156 valence electrons. The Morgan fingerprint density at radius 1 is 1.07 bits per heavy atom. The standard InChI is InChI=1S/C26H32F2O/c1-3-5-17-6-7-19-14-20(9-8-18(19)13-17)22-15-21-10-11-25(29-12-4-2)26(28)23(21)16-24(22)27/h4,10-11,15-20H,2-3,5-9,12-14H2,1H3. The normalized spacial score (nSPS) is 26.9. The number of hydrogen-bond donors (Lipinski definition) is 0. The lowest BCUT2D eigenvalue weighted by molar-refractivity contribution is 0.113. The molecule has 2 aliphatic carbocycles. The minimum Gasteiger partial charge on any atom is -0.486 e. The predicted octanol–water partition coefficient (Wildman–Crippen LogP) is 7.78. The zero-order valence-corrected chi connectivity index (χ0v) is 17.4. The number of halogens is 2. The monoisotopic (exact) mass is 398 g/mol. The van der Waals surface area contributed by atoms with Crippen LogP contribution in [0.3, 0.4) is 0 Å². The van der Waals surface area contributed by atoms with Gasteiger partial charge >= 0.3 is 0 Å². The molecule has 0 N–H and O–H groups in total. The first kappa shape index (κ1) is 20.4. The first-order valence-electron chi connectivity index (χ1n) is 11.3. The maximum atomic E-state index is 15.0. The average Bonchev–Trinajstić information content (AvgIpc) is 2.73. The summed E-state index contributed by atoms with van der Waals surface area (Å²) in [6, 6.07) is 6.71. The van der Waals surface area contributed by atoms with Crippen molar-refractivity contribution >= 4 is 10.8 Å². The number of fused-ring (bicyclic) bond motifs is 2. The minimum atomic E-state index is -0.493. The molecule has 4 atom stereocenters. The quantitative estimate of drug-likeness (QED) is 0.451. The molecule has 0 radical (unpaired) electrons. The SMILES string of the molecule is C=CCOc1ccc2cc(C3CCC4CC(CCC)CCC4C3)c(F)cc2c1F. The van der Waals surface area contributed by atoms with Crippen LogP contribution in [0.15, 0.2) is 36.9 Å². The molecule has 0 heterocycles. The summed E-state index contributed by atoms with van der Waals surface area (Å²) < 4.78 is 35.1. The van der Waals surface area contributed by atoms with E-state index in [0.29, 0.717) is 5.39 Å². The van der Waals surface area contributed by atoms with Gasteiger partial charge in [-0.1, -0.05) is 44.9 Å². The number of benzene rings is 2. The largest absolute Gasteiger partial charge is 0.486 e. The van der Waals surface area contributed by atoms with Crippen LogP contribution < -0.4 is 4.74 Å². The van der Waals surface area contributed by atoms with Crippen LogP contribution in [0.25, 0.3) is 10.8 Å². The molecule has 1 nitrogen and oxygen atoms in total. The highest BCUT2D eigenvalue weighted by molar-refractivity contribution is 5.85. The van der Waals surface area contributed by atoms with Gasteiger partial charge in [0.15, 0.2) is 11.6 Å². The zero-order valence-electron chi connectivity index (χ0n) is 17.4. The molecular formula is C26H32F2O. The van der Waals surface area contributed by atoms with Crippen molar-refractivity contribution in [3.8, 4) is 5.75 Å². The van der Waals surface area contributed by atoms with Crippen molar-refractivity contribution in [3.63, 3.8) is 0 Å². The van der Waals surface area contributed by atoms with E-state index in [0.717, 1.165) is 41.5 Å². The van der Waals surface area contributed by atoms with Gasteiger partial charge in [-0.15, -0.1) is 0 Å². The lowest BCUT2D eigenvalue weighted by Crippen LogP contribution is -2.30. The van der Waals surface area contributed by atoms with Gasteiger partial charge in [-0.05, 0) is 84.9 Å². The van der Waals surface area contributed by atoms with Crippen molar-refractivity contribution in [2.45, 2.75) is 64.2 Å². The number of rotatable bonds is 6. The van der Waals surface area contributed by atoms with E-state index in [-0.39, 0.29) is 24.1 Å². The van der Waals surface area contributed by atoms with Gasteiger partial charge in [-0.25, -0.2) is 8.78 Å². The molecule has 0 amide bonds. The fourth-order valence-electron chi connectivity index (χ4n) is 5.82. The van der Waals surface area contributed by atoms with Gasteiger partial charge in [0, 0.05) is 5.39 Å². The highest BCUT2D eigenvalue weighted by Gasteiger charge is 2.36. The van der Waals surface area contributed by atoms with Crippen molar-refractivity contribution in [2.75, 3.05) is 6.61 Å². The highest BCUT2D eigenvalue weighted by Crippen LogP contribution is 2.49. The number of ether oxygens (including phenoxy) is 1. The van der Waals surface area contributed by atoms with Crippen molar-refractivity contribution < 1.29 is 13.5 Å². The first-order chi connectivity index (χ1) is 14.1. The van der Waals surface area contributed by atoms with Crippen LogP contribution in [0.2, 0.25) is 0 Å². The summed E-state index contributed by atoms with van der Waals surface area (Å²) >= 11 is 0. The molecule has 0 saturated heterocycles. The molecule has 0 spiro atoms. The third kappa shape index (κ3) is 4.20. The molecule has 0 aliphatic heterocycles. The van der Waals surface area contributed by atoms with E-state index >= 15 is 4.39 Å². The second kappa shape index (κ2) is 8.85. The highest BCUT2D eigenvalue weighted by atomic mass is 19.1. The Bertz CT molecular complexity index is 875. The second-order valence-corrected chi connectivity index (χ2v) is 9.07. The zero-order chi connectivity index (χ0) is 20.4. The van der Waals surface area contributed by atoms with Gasteiger partial charge in [0.2, 0.25) is 0 Å². The van der Waals surface area contributed by atoms with Gasteiger partial charge in [0.05, 0.1) is 0 Å². The Balaban J connectivity index is 1.54. The molecule has 4 unspecified atom stereocenters. The van der Waals surface area contributed by atoms with E-state index in [2.05, 4.69) is 13.5 Å². The third-order valence-corrected chi connectivity index (χ3v) is 7.25. The summed E-state index contributed by atoms with van der Waals surface area (Å²) in [4.78, 5) is 0. The van der Waals surface area contributed by atoms with Crippen molar-refractivity contribution in [2.24, 2.45) is 17.8 Å². The summed E-state index contributed by atoms with van der Waals surface area (Å²) in [6.07, 6.45) is 11.5. The van der Waals surface area contributed by atoms with Crippen LogP contribution in [0.1, 0.15) is 69.8 Å². The summed E-state index contributed by atoms with van der Waals surface area (Å²) in [5.74, 6) is 2.08. The van der Waals surface area contributed by atoms with Crippen LogP contribution in [-0.4, -0.2) is 6.61 Å². The molecule has 2 fully saturated rings. The smallest absolute Gasteiger partial charge is 0.172 e. The molecule has 2 aromatic carbocycles. The third-order valence-electron chi connectivity index (χ3n) is 7.25. The van der Waals surface area contributed by atoms with Crippen molar-refractivity contribution in [1.82, 2.24) is 0 Å². The van der Waals surface area contributed by atoms with E-state index in [1.807, 2.05) is 12.1 Å². The fraction of sp³-hybridized carbons (Fsp3) is 0.538. The van der Waals surface area contributed by atoms with Crippen molar-refractivity contribution in [3.05, 3.63) is 54.1 Å². The Hall–Kier alpha value is -1.90. The van der Waals surface area contributed by atoms with Crippen LogP contribution in [0, 0.1) is 29.4 Å². The summed E-state index contributed by atoms with van der Waals surface area (Å²) in [7, 11) is 0. The molecule has 2 aromatic rings. The summed E-state index contributed by atoms with van der Waals surface area (Å²) in [5, 5.41) is 1.04. The van der Waals surface area contributed by atoms with Gasteiger partial charge in [0.1, 0.15) is 12.4 Å². The number of hydrogen-bond acceptors (Lipinski definition) is 1. The van der Waals surface area contributed by atoms with Gasteiger partial charge in [-0.2, -0.15) is 0 Å². The van der Waals surface area contributed by atoms with E-state index in [1.54, 1.807) is 12.1 Å². The molecule has 29 heavy (non-hydrogen) atoms. The Kier molecular flexibility index (Phi) is 6.22. The van der Waals surface area contributed by atoms with Crippen LogP contribution >= 0.6 is 0 Å². The Morgan fingerprint density at radius 3 is 2.66 bits per heavy atom. The Labute approximate surface area is 173 Å². The van der Waals surface area contributed by atoms with Crippen LogP contribution in [0.4, 0.5) is 8.78 Å². The summed E-state index contributed by atoms with van der Waals surface area (Å²) in [6.45, 7) is 6.09. The summed E-state index contributed by atoms with van der Waals surface area (Å²) in [5.41, 5.74) is 0.769. The topological polar surface area (TPSA) is 9.23 Å². The molecule has 2 saturated carbocycles.